The van der Waals surface area contributed by atoms with Crippen LogP contribution in [0.1, 0.15) is 15.9 Å². The second-order valence-corrected chi connectivity index (χ2v) is 4.38. The van der Waals surface area contributed by atoms with Crippen molar-refractivity contribution in [2.45, 2.75) is 6.92 Å². The third-order valence-corrected chi connectivity index (χ3v) is 3.06. The van der Waals surface area contributed by atoms with Crippen LogP contribution < -0.4 is 4.74 Å². The number of hydrogen-bond acceptors (Lipinski definition) is 3. The molecule has 4 nitrogen and oxygen atoms in total. The molecule has 0 aliphatic heterocycles. The van der Waals surface area contributed by atoms with Gasteiger partial charge >= 0.3 is 5.97 Å². The van der Waals surface area contributed by atoms with Crippen LogP contribution in [0, 0.1) is 6.92 Å². The molecule has 0 saturated carbocycles. The number of carboxylic acid groups (broad SMARTS) is 1. The van der Waals surface area contributed by atoms with Gasteiger partial charge in [0.15, 0.2) is 0 Å². The van der Waals surface area contributed by atoms with E-state index in [2.05, 4.69) is 4.98 Å². The van der Waals surface area contributed by atoms with Crippen molar-refractivity contribution in [1.82, 2.24) is 4.98 Å². The fourth-order valence-corrected chi connectivity index (χ4v) is 2.03. The van der Waals surface area contributed by atoms with Crippen LogP contribution in [0.2, 0.25) is 5.15 Å². The van der Waals surface area contributed by atoms with Crippen LogP contribution in [-0.2, 0) is 0 Å². The Bertz CT molecular complexity index is 641. The van der Waals surface area contributed by atoms with E-state index in [0.29, 0.717) is 5.69 Å². The van der Waals surface area contributed by atoms with Crippen molar-refractivity contribution in [3.05, 3.63) is 46.6 Å². The predicted octanol–water partition coefficient (Wildman–Crippen LogP) is 3.42. The molecule has 5 heteroatoms. The van der Waals surface area contributed by atoms with Gasteiger partial charge in [-0.2, -0.15) is 0 Å². The van der Waals surface area contributed by atoms with E-state index in [1.54, 1.807) is 13.2 Å². The first kappa shape index (κ1) is 13.4. The predicted molar refractivity (Wildman–Crippen MR) is 72.9 cm³/mol. The Kier molecular flexibility index (Phi) is 3.71. The maximum atomic E-state index is 10.9. The number of aromatic nitrogens is 1. The van der Waals surface area contributed by atoms with Crippen LogP contribution in [0.3, 0.4) is 0 Å². The molecular weight excluding hydrogens is 266 g/mol. The van der Waals surface area contributed by atoms with Gasteiger partial charge in [-0.05, 0) is 42.8 Å². The quantitative estimate of drug-likeness (QED) is 0.874. The minimum Gasteiger partial charge on any atom is -0.496 e. The fourth-order valence-electron chi connectivity index (χ4n) is 1.79. The normalized spacial score (nSPS) is 10.3. The summed E-state index contributed by atoms with van der Waals surface area (Å²) in [6.45, 7) is 1.93. The second kappa shape index (κ2) is 5.28. The average molecular weight is 278 g/mol. The van der Waals surface area contributed by atoms with Gasteiger partial charge in [-0.1, -0.05) is 11.6 Å². The van der Waals surface area contributed by atoms with E-state index in [1.807, 2.05) is 25.1 Å². The largest absolute Gasteiger partial charge is 0.496 e. The van der Waals surface area contributed by atoms with Gasteiger partial charge in [0.2, 0.25) is 0 Å². The number of hydrogen-bond donors (Lipinski definition) is 1. The molecule has 2 aromatic rings. The summed E-state index contributed by atoms with van der Waals surface area (Å²) >= 11 is 5.86. The van der Waals surface area contributed by atoms with Crippen molar-refractivity contribution in [3.8, 4) is 17.0 Å². The number of aromatic carboxylic acids is 1. The van der Waals surface area contributed by atoms with Crippen molar-refractivity contribution in [1.29, 1.82) is 0 Å². The Morgan fingerprint density at radius 2 is 2.05 bits per heavy atom. The van der Waals surface area contributed by atoms with E-state index in [9.17, 15) is 4.79 Å². The van der Waals surface area contributed by atoms with Gasteiger partial charge in [0.25, 0.3) is 0 Å². The van der Waals surface area contributed by atoms with Crippen molar-refractivity contribution in [2.75, 3.05) is 7.11 Å². The van der Waals surface area contributed by atoms with E-state index in [-0.39, 0.29) is 10.7 Å². The van der Waals surface area contributed by atoms with E-state index < -0.39 is 5.97 Å². The van der Waals surface area contributed by atoms with E-state index in [0.717, 1.165) is 16.9 Å². The molecular formula is C14H12ClNO3. The molecule has 1 aromatic carbocycles. The molecule has 0 saturated heterocycles. The van der Waals surface area contributed by atoms with Crippen LogP contribution in [-0.4, -0.2) is 23.2 Å². The summed E-state index contributed by atoms with van der Waals surface area (Å²) in [6, 6.07) is 8.69. The average Bonchev–Trinajstić information content (AvgIpc) is 2.38. The molecule has 0 aliphatic rings. The van der Waals surface area contributed by atoms with Crippen molar-refractivity contribution in [2.24, 2.45) is 0 Å². The van der Waals surface area contributed by atoms with E-state index in [1.165, 1.54) is 6.07 Å². The molecule has 0 unspecified atom stereocenters. The molecule has 0 radical (unpaired) electrons. The smallest absolute Gasteiger partial charge is 0.338 e. The van der Waals surface area contributed by atoms with Crippen LogP contribution in [0.25, 0.3) is 11.3 Å². The molecule has 0 amide bonds. The Morgan fingerprint density at radius 3 is 2.58 bits per heavy atom. The fraction of sp³-hybridized carbons (Fsp3) is 0.143. The number of halogens is 1. The number of pyridine rings is 1. The van der Waals surface area contributed by atoms with E-state index in [4.69, 9.17) is 21.4 Å². The van der Waals surface area contributed by atoms with Crippen LogP contribution in [0.5, 0.6) is 5.75 Å². The zero-order valence-corrected chi connectivity index (χ0v) is 11.2. The maximum absolute atomic E-state index is 10.9. The van der Waals surface area contributed by atoms with Gasteiger partial charge in [0, 0.05) is 5.56 Å². The number of rotatable bonds is 3. The molecule has 19 heavy (non-hydrogen) atoms. The van der Waals surface area contributed by atoms with Crippen molar-refractivity contribution in [3.63, 3.8) is 0 Å². The summed E-state index contributed by atoms with van der Waals surface area (Å²) in [6.07, 6.45) is 0. The highest BCUT2D eigenvalue weighted by Crippen LogP contribution is 2.26. The number of ether oxygens (including phenoxy) is 1. The highest BCUT2D eigenvalue weighted by atomic mass is 35.5. The molecule has 0 bridgehead atoms. The molecule has 1 heterocycles. The highest BCUT2D eigenvalue weighted by Gasteiger charge is 2.11. The van der Waals surface area contributed by atoms with Gasteiger partial charge in [0.1, 0.15) is 10.9 Å². The summed E-state index contributed by atoms with van der Waals surface area (Å²) < 4.78 is 5.19. The number of benzene rings is 1. The lowest BCUT2D eigenvalue weighted by Gasteiger charge is -2.08. The van der Waals surface area contributed by atoms with Crippen LogP contribution in [0.4, 0.5) is 0 Å². The lowest BCUT2D eigenvalue weighted by molar-refractivity contribution is 0.0696. The third-order valence-electron chi connectivity index (χ3n) is 2.77. The molecule has 1 N–H and O–H groups in total. The molecule has 0 fully saturated rings. The summed E-state index contributed by atoms with van der Waals surface area (Å²) in [7, 11) is 1.61. The first-order valence-corrected chi connectivity index (χ1v) is 5.95. The topological polar surface area (TPSA) is 59.4 Å². The van der Waals surface area contributed by atoms with Crippen LogP contribution >= 0.6 is 11.6 Å². The highest BCUT2D eigenvalue weighted by molar-refractivity contribution is 6.32. The lowest BCUT2D eigenvalue weighted by Crippen LogP contribution is -1.99. The monoisotopic (exact) mass is 277 g/mol. The maximum Gasteiger partial charge on any atom is 0.338 e. The first-order chi connectivity index (χ1) is 9.02. The summed E-state index contributed by atoms with van der Waals surface area (Å²) in [5, 5.41) is 8.88. The van der Waals surface area contributed by atoms with Gasteiger partial charge in [-0.15, -0.1) is 0 Å². The van der Waals surface area contributed by atoms with Gasteiger partial charge < -0.3 is 9.84 Å². The number of aryl methyl sites for hydroxylation is 1. The molecule has 0 atom stereocenters. The first-order valence-electron chi connectivity index (χ1n) is 5.58. The molecule has 2 rings (SSSR count). The van der Waals surface area contributed by atoms with Crippen molar-refractivity contribution < 1.29 is 14.6 Å². The molecule has 0 aliphatic carbocycles. The zero-order chi connectivity index (χ0) is 14.0. The standard InChI is InChI=1S/C14H12ClNO3/c1-8-7-9(3-6-12(8)19-2)11-5-4-10(14(17)18)13(15)16-11/h3-7H,1-2H3,(H,17,18). The number of carboxylic acids is 1. The van der Waals surface area contributed by atoms with Gasteiger partial charge in [-0.3, -0.25) is 0 Å². The Balaban J connectivity index is 2.45. The Hall–Kier alpha value is -2.07. The minimum atomic E-state index is -1.09. The van der Waals surface area contributed by atoms with E-state index >= 15 is 0 Å². The number of carbonyl (C=O) groups is 1. The lowest BCUT2D eigenvalue weighted by atomic mass is 10.1. The second-order valence-electron chi connectivity index (χ2n) is 4.02. The SMILES string of the molecule is COc1ccc(-c2ccc(C(=O)O)c(Cl)n2)cc1C. The summed E-state index contributed by atoms with van der Waals surface area (Å²) in [5.41, 5.74) is 2.45. The number of nitrogens with zero attached hydrogens (tertiary/aromatic N) is 1. The molecule has 1 aromatic heterocycles. The Labute approximate surface area is 115 Å². The number of methoxy groups -OCH3 is 1. The summed E-state index contributed by atoms with van der Waals surface area (Å²) in [4.78, 5) is 15.0. The molecule has 0 spiro atoms. The third kappa shape index (κ3) is 2.69. The van der Waals surface area contributed by atoms with Crippen molar-refractivity contribution >= 4 is 17.6 Å². The zero-order valence-electron chi connectivity index (χ0n) is 10.5. The van der Waals surface area contributed by atoms with Gasteiger partial charge in [-0.25, -0.2) is 9.78 Å². The van der Waals surface area contributed by atoms with Crippen LogP contribution in [0.15, 0.2) is 30.3 Å². The minimum absolute atomic E-state index is 0.00403. The Morgan fingerprint density at radius 1 is 1.32 bits per heavy atom. The molecule has 98 valence electrons. The van der Waals surface area contributed by atoms with Gasteiger partial charge in [0.05, 0.1) is 18.4 Å². The summed E-state index contributed by atoms with van der Waals surface area (Å²) in [5.74, 6) is -0.299.